The number of nitriles is 1. The molecule has 0 atom stereocenters. The maximum absolute atomic E-state index is 13.0. The molecule has 0 saturated heterocycles. The number of carbonyl (C=O) groups is 1. The number of ether oxygens (including phenoxy) is 1. The van der Waals surface area contributed by atoms with Crippen LogP contribution in [0, 0.1) is 24.1 Å². The maximum Gasteiger partial charge on any atom is 0.349 e. The fourth-order valence-corrected chi connectivity index (χ4v) is 2.38. The second kappa shape index (κ2) is 8.27. The van der Waals surface area contributed by atoms with Crippen LogP contribution in [0.3, 0.4) is 0 Å². The van der Waals surface area contributed by atoms with E-state index < -0.39 is 5.97 Å². The zero-order valence-corrected chi connectivity index (χ0v) is 14.3. The summed E-state index contributed by atoms with van der Waals surface area (Å²) in [4.78, 5) is 11.8. The van der Waals surface area contributed by atoms with Gasteiger partial charge < -0.3 is 4.74 Å². The number of aromatic nitrogens is 2. The average molecular weight is 360 g/mol. The van der Waals surface area contributed by atoms with Crippen molar-refractivity contribution in [1.82, 2.24) is 9.78 Å². The lowest BCUT2D eigenvalue weighted by atomic mass is 10.1. The number of hydrogen-bond acceptors (Lipinski definition) is 4. The molecule has 0 radical (unpaired) electrons. The van der Waals surface area contributed by atoms with Gasteiger partial charge in [0, 0.05) is 5.56 Å². The molecule has 0 aliphatic heterocycles. The Hall–Kier alpha value is -2.91. The van der Waals surface area contributed by atoms with E-state index in [2.05, 4.69) is 11.7 Å². The molecule has 0 fully saturated rings. The molecule has 0 aliphatic carbocycles. The average Bonchev–Trinajstić information content (AvgIpc) is 2.86. The highest BCUT2D eigenvalue weighted by molar-refractivity contribution is 6.31. The summed E-state index contributed by atoms with van der Waals surface area (Å²) in [7, 11) is 0. The van der Waals surface area contributed by atoms with Crippen molar-refractivity contribution in [3.05, 3.63) is 70.3 Å². The topological polar surface area (TPSA) is 67.9 Å². The number of carbonyl (C=O) groups excluding carboxylic acids is 1. The zero-order valence-electron chi connectivity index (χ0n) is 13.5. The summed E-state index contributed by atoms with van der Waals surface area (Å²) in [6, 6.07) is 7.76. The van der Waals surface area contributed by atoms with Crippen molar-refractivity contribution in [2.45, 2.75) is 13.5 Å². The third kappa shape index (κ3) is 4.55. The molecule has 1 heterocycles. The molecule has 5 nitrogen and oxygen atoms in total. The molecule has 7 heteroatoms. The van der Waals surface area contributed by atoms with Crippen molar-refractivity contribution >= 4 is 23.6 Å². The second-order valence-corrected chi connectivity index (χ2v) is 5.49. The second-order valence-electron chi connectivity index (χ2n) is 5.13. The first-order valence-electron chi connectivity index (χ1n) is 7.33. The lowest BCUT2D eigenvalue weighted by molar-refractivity contribution is -0.137. The molecular formula is C18H15ClFN3O2. The SMILES string of the molecule is C=CCOC(=O)/C(C#N)=C/c1c(C)nn(Cc2ccc(F)cc2)c1Cl. The van der Waals surface area contributed by atoms with E-state index in [1.807, 2.05) is 0 Å². The highest BCUT2D eigenvalue weighted by Crippen LogP contribution is 2.24. The summed E-state index contributed by atoms with van der Waals surface area (Å²) in [6.07, 6.45) is 2.75. The Morgan fingerprint density at radius 1 is 1.48 bits per heavy atom. The van der Waals surface area contributed by atoms with Gasteiger partial charge in [-0.2, -0.15) is 10.4 Å². The van der Waals surface area contributed by atoms with Crippen molar-refractivity contribution in [3.8, 4) is 6.07 Å². The normalized spacial score (nSPS) is 11.0. The number of esters is 1. The molecule has 25 heavy (non-hydrogen) atoms. The summed E-state index contributed by atoms with van der Waals surface area (Å²) in [6.45, 7) is 5.49. The lowest BCUT2D eigenvalue weighted by Gasteiger charge is -2.04. The Balaban J connectivity index is 2.30. The number of halogens is 2. The van der Waals surface area contributed by atoms with E-state index in [0.29, 0.717) is 17.8 Å². The van der Waals surface area contributed by atoms with Gasteiger partial charge in [-0.3, -0.25) is 0 Å². The molecule has 128 valence electrons. The summed E-state index contributed by atoms with van der Waals surface area (Å²) in [5.41, 5.74) is 1.63. The minimum Gasteiger partial charge on any atom is -0.457 e. The molecule has 0 unspecified atom stereocenters. The summed E-state index contributed by atoms with van der Waals surface area (Å²) in [5, 5.41) is 13.7. The van der Waals surface area contributed by atoms with Crippen LogP contribution in [0.4, 0.5) is 4.39 Å². The number of rotatable bonds is 6. The Bertz CT molecular complexity index is 864. The maximum atomic E-state index is 13.0. The minimum absolute atomic E-state index is 0.00833. The molecule has 1 aromatic carbocycles. The van der Waals surface area contributed by atoms with E-state index in [1.54, 1.807) is 25.1 Å². The van der Waals surface area contributed by atoms with Crippen LogP contribution in [0.5, 0.6) is 0 Å². The van der Waals surface area contributed by atoms with Crippen LogP contribution in [0.15, 0.2) is 42.5 Å². The quantitative estimate of drug-likeness (QED) is 0.341. The Labute approximate surface area is 149 Å². The molecule has 0 spiro atoms. The summed E-state index contributed by atoms with van der Waals surface area (Å²) < 4.78 is 19.4. The van der Waals surface area contributed by atoms with Gasteiger partial charge in [-0.05, 0) is 30.7 Å². The zero-order chi connectivity index (χ0) is 18.4. The van der Waals surface area contributed by atoms with Crippen LogP contribution in [0.2, 0.25) is 5.15 Å². The first-order chi connectivity index (χ1) is 12.0. The number of nitrogens with zero attached hydrogens (tertiary/aromatic N) is 3. The van der Waals surface area contributed by atoms with Crippen LogP contribution < -0.4 is 0 Å². The van der Waals surface area contributed by atoms with Crippen molar-refractivity contribution in [2.24, 2.45) is 0 Å². The first kappa shape index (κ1) is 18.4. The summed E-state index contributed by atoms with van der Waals surface area (Å²) in [5.74, 6) is -1.09. The highest BCUT2D eigenvalue weighted by Gasteiger charge is 2.16. The van der Waals surface area contributed by atoms with Gasteiger partial charge in [0.05, 0.1) is 12.2 Å². The molecule has 0 aliphatic rings. The fourth-order valence-electron chi connectivity index (χ4n) is 2.09. The molecule has 1 aromatic heterocycles. The number of benzene rings is 1. The number of hydrogen-bond donors (Lipinski definition) is 0. The summed E-state index contributed by atoms with van der Waals surface area (Å²) >= 11 is 6.32. The first-order valence-corrected chi connectivity index (χ1v) is 7.71. The van der Waals surface area contributed by atoms with Gasteiger partial charge in [0.25, 0.3) is 0 Å². The standard InChI is InChI=1S/C18H15ClFN3O2/c1-3-8-25-18(24)14(10-21)9-16-12(2)22-23(17(16)19)11-13-4-6-15(20)7-5-13/h3-7,9H,1,8,11H2,2H3/b14-9+. The van der Waals surface area contributed by atoms with Crippen LogP contribution >= 0.6 is 11.6 Å². The Morgan fingerprint density at radius 2 is 2.16 bits per heavy atom. The van der Waals surface area contributed by atoms with Gasteiger partial charge in [-0.25, -0.2) is 13.9 Å². The monoisotopic (exact) mass is 359 g/mol. The van der Waals surface area contributed by atoms with E-state index in [9.17, 15) is 9.18 Å². The molecule has 0 amide bonds. The van der Waals surface area contributed by atoms with Gasteiger partial charge >= 0.3 is 5.97 Å². The minimum atomic E-state index is -0.760. The van der Waals surface area contributed by atoms with Crippen molar-refractivity contribution < 1.29 is 13.9 Å². The van der Waals surface area contributed by atoms with Gasteiger partial charge in [-0.1, -0.05) is 36.4 Å². The van der Waals surface area contributed by atoms with Crippen molar-refractivity contribution in [3.63, 3.8) is 0 Å². The van der Waals surface area contributed by atoms with Crippen LogP contribution in [0.1, 0.15) is 16.8 Å². The molecular weight excluding hydrogens is 345 g/mol. The lowest BCUT2D eigenvalue weighted by Crippen LogP contribution is -2.06. The highest BCUT2D eigenvalue weighted by atomic mass is 35.5. The van der Waals surface area contributed by atoms with E-state index in [-0.39, 0.29) is 23.2 Å². The number of aryl methyl sites for hydroxylation is 1. The molecule has 0 bridgehead atoms. The molecule has 0 N–H and O–H groups in total. The fraction of sp³-hybridized carbons (Fsp3) is 0.167. The van der Waals surface area contributed by atoms with Crippen molar-refractivity contribution in [2.75, 3.05) is 6.61 Å². The Morgan fingerprint density at radius 3 is 2.76 bits per heavy atom. The Kier molecular flexibility index (Phi) is 6.09. The van der Waals surface area contributed by atoms with E-state index in [1.165, 1.54) is 29.0 Å². The van der Waals surface area contributed by atoms with Crippen LogP contribution in [-0.4, -0.2) is 22.4 Å². The molecule has 2 rings (SSSR count). The van der Waals surface area contributed by atoms with Gasteiger partial charge in [0.15, 0.2) is 0 Å². The van der Waals surface area contributed by atoms with Gasteiger partial charge in [0.2, 0.25) is 0 Å². The predicted molar refractivity (Wildman–Crippen MR) is 92.2 cm³/mol. The predicted octanol–water partition coefficient (Wildman–Crippen LogP) is 3.67. The third-order valence-corrected chi connectivity index (χ3v) is 3.71. The van der Waals surface area contributed by atoms with Crippen LogP contribution in [0.25, 0.3) is 6.08 Å². The van der Waals surface area contributed by atoms with Gasteiger partial charge in [-0.15, -0.1) is 0 Å². The third-order valence-electron chi connectivity index (χ3n) is 3.32. The largest absolute Gasteiger partial charge is 0.457 e. The van der Waals surface area contributed by atoms with Crippen LogP contribution in [-0.2, 0) is 16.1 Å². The van der Waals surface area contributed by atoms with Crippen molar-refractivity contribution in [1.29, 1.82) is 5.26 Å². The molecule has 0 saturated carbocycles. The smallest absolute Gasteiger partial charge is 0.349 e. The van der Waals surface area contributed by atoms with E-state index >= 15 is 0 Å². The molecule has 2 aromatic rings. The van der Waals surface area contributed by atoms with E-state index in [4.69, 9.17) is 21.6 Å². The van der Waals surface area contributed by atoms with Gasteiger partial charge in [0.1, 0.15) is 29.2 Å². The van der Waals surface area contributed by atoms with E-state index in [0.717, 1.165) is 5.56 Å².